The number of nitrogens with one attached hydrogen (secondary N) is 1. The van der Waals surface area contributed by atoms with Crippen molar-refractivity contribution in [3.05, 3.63) is 78.4 Å². The van der Waals surface area contributed by atoms with Crippen molar-refractivity contribution in [2.24, 2.45) is 23.7 Å². The molecule has 5 atom stereocenters. The number of fused-ring (bicyclic) bond motifs is 6. The molecule has 0 unspecified atom stereocenters. The van der Waals surface area contributed by atoms with Crippen LogP contribution in [0.5, 0.6) is 0 Å². The second kappa shape index (κ2) is 7.30. The van der Waals surface area contributed by atoms with Crippen LogP contribution in [0.1, 0.15) is 24.3 Å². The lowest BCUT2D eigenvalue weighted by molar-refractivity contribution is -0.143. The molecule has 5 heteroatoms. The molecule has 3 aromatic carbocycles. The molecular weight excluding hydrogens is 400 g/mol. The summed E-state index contributed by atoms with van der Waals surface area (Å²) in [6.07, 6.45) is 1.88. The van der Waals surface area contributed by atoms with Crippen LogP contribution in [0, 0.1) is 23.7 Å². The van der Waals surface area contributed by atoms with Gasteiger partial charge in [0.1, 0.15) is 6.54 Å². The molecular formula is C27H24N2O3. The van der Waals surface area contributed by atoms with E-state index < -0.39 is 0 Å². The van der Waals surface area contributed by atoms with Crippen molar-refractivity contribution in [2.75, 3.05) is 11.9 Å². The van der Waals surface area contributed by atoms with Crippen molar-refractivity contribution in [1.29, 1.82) is 0 Å². The number of carbonyl (C=O) groups is 3. The highest BCUT2D eigenvalue weighted by atomic mass is 16.2. The van der Waals surface area contributed by atoms with Crippen molar-refractivity contribution in [3.63, 3.8) is 0 Å². The topological polar surface area (TPSA) is 66.5 Å². The van der Waals surface area contributed by atoms with Crippen LogP contribution in [0.25, 0.3) is 10.8 Å². The number of amides is 3. The Morgan fingerprint density at radius 3 is 2.41 bits per heavy atom. The summed E-state index contributed by atoms with van der Waals surface area (Å²) in [6.45, 7) is -0.219. The number of benzene rings is 3. The summed E-state index contributed by atoms with van der Waals surface area (Å²) in [4.78, 5) is 40.5. The highest BCUT2D eigenvalue weighted by molar-refractivity contribution is 6.10. The number of imide groups is 1. The van der Waals surface area contributed by atoms with E-state index in [0.717, 1.165) is 23.6 Å². The minimum atomic E-state index is -0.338. The third kappa shape index (κ3) is 2.88. The molecule has 0 radical (unpaired) electrons. The van der Waals surface area contributed by atoms with E-state index >= 15 is 0 Å². The fourth-order valence-corrected chi connectivity index (χ4v) is 6.43. The number of rotatable bonds is 4. The van der Waals surface area contributed by atoms with Crippen molar-refractivity contribution >= 4 is 34.2 Å². The van der Waals surface area contributed by atoms with E-state index in [1.807, 2.05) is 60.7 Å². The standard InChI is InChI=1S/C27H24N2O3/c30-23(28-22-12-6-10-16-9-4-5-11-19(16)22)15-29-26(31)24-18-13-20(17-7-2-1-3-8-17)21(14-18)25(24)27(29)32/h1-12,18,20-21,24-25H,13-15H2,(H,28,30)/t18-,20+,21+,24-,25-/m1/s1. The van der Waals surface area contributed by atoms with Gasteiger partial charge in [-0.15, -0.1) is 0 Å². The summed E-state index contributed by atoms with van der Waals surface area (Å²) in [7, 11) is 0. The third-order valence-electron chi connectivity index (χ3n) is 7.70. The second-order valence-corrected chi connectivity index (χ2v) is 9.30. The fourth-order valence-electron chi connectivity index (χ4n) is 6.43. The van der Waals surface area contributed by atoms with Gasteiger partial charge in [0.2, 0.25) is 17.7 Å². The van der Waals surface area contributed by atoms with E-state index in [1.54, 1.807) is 0 Å². The molecule has 2 bridgehead atoms. The Morgan fingerprint density at radius 2 is 1.56 bits per heavy atom. The van der Waals surface area contributed by atoms with E-state index in [1.165, 1.54) is 10.5 Å². The van der Waals surface area contributed by atoms with Gasteiger partial charge in [-0.2, -0.15) is 0 Å². The van der Waals surface area contributed by atoms with Gasteiger partial charge in [0.15, 0.2) is 0 Å². The van der Waals surface area contributed by atoms with E-state index in [2.05, 4.69) is 17.4 Å². The predicted molar refractivity (Wildman–Crippen MR) is 122 cm³/mol. The van der Waals surface area contributed by atoms with Crippen molar-refractivity contribution in [2.45, 2.75) is 18.8 Å². The summed E-state index contributed by atoms with van der Waals surface area (Å²) in [5.41, 5.74) is 1.95. The molecule has 6 rings (SSSR count). The van der Waals surface area contributed by atoms with Gasteiger partial charge in [0.05, 0.1) is 11.8 Å². The zero-order valence-electron chi connectivity index (χ0n) is 17.6. The highest BCUT2D eigenvalue weighted by Gasteiger charge is 2.63. The van der Waals surface area contributed by atoms with E-state index in [-0.39, 0.29) is 47.9 Å². The zero-order chi connectivity index (χ0) is 21.8. The Morgan fingerprint density at radius 1 is 0.844 bits per heavy atom. The maximum atomic E-state index is 13.3. The molecule has 1 heterocycles. The first-order chi connectivity index (χ1) is 15.6. The Labute approximate surface area is 186 Å². The maximum absolute atomic E-state index is 13.3. The maximum Gasteiger partial charge on any atom is 0.244 e. The van der Waals surface area contributed by atoms with Crippen LogP contribution in [-0.4, -0.2) is 29.2 Å². The van der Waals surface area contributed by atoms with E-state index in [4.69, 9.17) is 0 Å². The second-order valence-electron chi connectivity index (χ2n) is 9.30. The average Bonchev–Trinajstić information content (AvgIpc) is 3.48. The summed E-state index contributed by atoms with van der Waals surface area (Å²) >= 11 is 0. The Kier molecular flexibility index (Phi) is 4.39. The van der Waals surface area contributed by atoms with Crippen LogP contribution >= 0.6 is 0 Å². The van der Waals surface area contributed by atoms with Gasteiger partial charge in [-0.3, -0.25) is 19.3 Å². The van der Waals surface area contributed by atoms with Crippen molar-refractivity contribution in [1.82, 2.24) is 4.90 Å². The van der Waals surface area contributed by atoms with Crippen LogP contribution in [0.15, 0.2) is 72.8 Å². The lowest BCUT2D eigenvalue weighted by Gasteiger charge is -2.28. The normalized spacial score (nSPS) is 28.4. The lowest BCUT2D eigenvalue weighted by atomic mass is 9.73. The summed E-state index contributed by atoms with van der Waals surface area (Å²) in [6, 6.07) is 23.8. The monoisotopic (exact) mass is 424 g/mol. The molecule has 0 spiro atoms. The first kappa shape index (κ1) is 19.2. The molecule has 0 aromatic heterocycles. The number of nitrogens with zero attached hydrogens (tertiary/aromatic N) is 1. The molecule has 1 aliphatic heterocycles. The molecule has 2 aliphatic carbocycles. The Balaban J connectivity index is 1.20. The Hall–Kier alpha value is -3.47. The first-order valence-electron chi connectivity index (χ1n) is 11.3. The molecule has 1 saturated heterocycles. The van der Waals surface area contributed by atoms with Gasteiger partial charge in [-0.05, 0) is 47.6 Å². The predicted octanol–water partition coefficient (Wildman–Crippen LogP) is 4.20. The first-order valence-corrected chi connectivity index (χ1v) is 11.3. The largest absolute Gasteiger partial charge is 0.324 e. The van der Waals surface area contributed by atoms with Crippen LogP contribution in [0.4, 0.5) is 5.69 Å². The number of likely N-dealkylation sites (tertiary alicyclic amines) is 1. The number of hydrogen-bond acceptors (Lipinski definition) is 3. The van der Waals surface area contributed by atoms with Crippen LogP contribution in [0.3, 0.4) is 0 Å². The molecule has 160 valence electrons. The molecule has 2 saturated carbocycles. The van der Waals surface area contributed by atoms with Crippen molar-refractivity contribution < 1.29 is 14.4 Å². The SMILES string of the molecule is O=C(CN1C(=O)[C@@H]2[C@H]3C[C@H]([C@H]2C1=O)[C@H](c1ccccc1)C3)Nc1cccc2ccccc12. The molecule has 3 aromatic rings. The number of hydrogen-bond donors (Lipinski definition) is 1. The summed E-state index contributed by atoms with van der Waals surface area (Å²) in [5.74, 6) is -0.450. The molecule has 5 nitrogen and oxygen atoms in total. The van der Waals surface area contributed by atoms with Gasteiger partial charge in [-0.25, -0.2) is 0 Å². The van der Waals surface area contributed by atoms with Crippen LogP contribution < -0.4 is 5.32 Å². The number of carbonyl (C=O) groups excluding carboxylic acids is 3. The van der Waals surface area contributed by atoms with Gasteiger partial charge in [0, 0.05) is 11.1 Å². The zero-order valence-corrected chi connectivity index (χ0v) is 17.6. The van der Waals surface area contributed by atoms with Crippen LogP contribution in [0.2, 0.25) is 0 Å². The average molecular weight is 425 g/mol. The number of anilines is 1. The fraction of sp³-hybridized carbons (Fsp3) is 0.296. The summed E-state index contributed by atoms with van der Waals surface area (Å²) in [5, 5.41) is 4.86. The minimum absolute atomic E-state index is 0.160. The van der Waals surface area contributed by atoms with Gasteiger partial charge in [0.25, 0.3) is 0 Å². The molecule has 32 heavy (non-hydrogen) atoms. The minimum Gasteiger partial charge on any atom is -0.324 e. The smallest absolute Gasteiger partial charge is 0.244 e. The lowest BCUT2D eigenvalue weighted by Crippen LogP contribution is -2.39. The molecule has 3 aliphatic rings. The van der Waals surface area contributed by atoms with E-state index in [0.29, 0.717) is 11.6 Å². The van der Waals surface area contributed by atoms with Crippen LogP contribution in [-0.2, 0) is 14.4 Å². The van der Waals surface area contributed by atoms with Gasteiger partial charge in [-0.1, -0.05) is 66.7 Å². The summed E-state index contributed by atoms with van der Waals surface area (Å²) < 4.78 is 0. The third-order valence-corrected chi connectivity index (χ3v) is 7.70. The van der Waals surface area contributed by atoms with Gasteiger partial charge < -0.3 is 5.32 Å². The molecule has 3 fully saturated rings. The van der Waals surface area contributed by atoms with Gasteiger partial charge >= 0.3 is 0 Å². The Bertz CT molecular complexity index is 1230. The quantitative estimate of drug-likeness (QED) is 0.639. The highest BCUT2D eigenvalue weighted by Crippen LogP contribution is 2.61. The van der Waals surface area contributed by atoms with E-state index in [9.17, 15) is 14.4 Å². The molecule has 3 amide bonds. The van der Waals surface area contributed by atoms with Crippen molar-refractivity contribution in [3.8, 4) is 0 Å². The molecule has 1 N–H and O–H groups in total.